The largest absolute Gasteiger partial charge is 0.539 e. The van der Waals surface area contributed by atoms with Crippen molar-refractivity contribution in [2.75, 3.05) is 26.9 Å². The topological polar surface area (TPSA) is 47.9 Å². The third kappa shape index (κ3) is 4.23. The van der Waals surface area contributed by atoms with Crippen molar-refractivity contribution in [2.24, 2.45) is 0 Å². The first kappa shape index (κ1) is 14.8. The second kappa shape index (κ2) is 7.90. The molecule has 0 spiro atoms. The molecule has 2 rings (SSSR count). The molecule has 4 nitrogen and oxygen atoms in total. The summed E-state index contributed by atoms with van der Waals surface area (Å²) in [6.07, 6.45) is 0.883. The summed E-state index contributed by atoms with van der Waals surface area (Å²) >= 11 is 0. The van der Waals surface area contributed by atoms with E-state index in [-0.39, 0.29) is 7.69 Å². The standard InChI is InChI=1S/C15H19BO4/c1-18-8-9-19-7-6-12-2-3-14-11-15(20-16-17)5-4-13(14)10-12/h2-5,10-11,16-17H,6-9H2,1H3. The molecule has 2 aromatic rings. The van der Waals surface area contributed by atoms with E-state index >= 15 is 0 Å². The smallest absolute Gasteiger partial charge is 0.504 e. The van der Waals surface area contributed by atoms with Gasteiger partial charge in [-0.05, 0) is 34.9 Å². The van der Waals surface area contributed by atoms with Gasteiger partial charge in [0.15, 0.2) is 0 Å². The molecule has 0 aromatic heterocycles. The first-order chi connectivity index (χ1) is 9.83. The lowest BCUT2D eigenvalue weighted by atomic mass is 10.0. The Hall–Kier alpha value is -1.56. The van der Waals surface area contributed by atoms with E-state index in [1.54, 1.807) is 7.11 Å². The van der Waals surface area contributed by atoms with Gasteiger partial charge >= 0.3 is 7.69 Å². The Balaban J connectivity index is 1.97. The van der Waals surface area contributed by atoms with Gasteiger partial charge in [0.05, 0.1) is 19.8 Å². The molecule has 0 aliphatic rings. The average molecular weight is 274 g/mol. The van der Waals surface area contributed by atoms with E-state index in [0.29, 0.717) is 25.6 Å². The van der Waals surface area contributed by atoms with E-state index in [1.165, 1.54) is 5.56 Å². The summed E-state index contributed by atoms with van der Waals surface area (Å²) in [5, 5.41) is 11.0. The van der Waals surface area contributed by atoms with Crippen LogP contribution in [0.25, 0.3) is 10.8 Å². The van der Waals surface area contributed by atoms with Gasteiger partial charge in [-0.1, -0.05) is 24.3 Å². The molecule has 1 N–H and O–H groups in total. The Morgan fingerprint density at radius 1 is 1.00 bits per heavy atom. The predicted molar refractivity (Wildman–Crippen MR) is 80.3 cm³/mol. The van der Waals surface area contributed by atoms with E-state index < -0.39 is 0 Å². The molecule has 0 atom stereocenters. The van der Waals surface area contributed by atoms with Crippen LogP contribution in [-0.2, 0) is 15.9 Å². The maximum atomic E-state index is 8.75. The Morgan fingerprint density at radius 3 is 2.60 bits per heavy atom. The molecule has 2 aromatic carbocycles. The van der Waals surface area contributed by atoms with Gasteiger partial charge in [0.25, 0.3) is 0 Å². The molecule has 0 aliphatic heterocycles. The Bertz CT molecular complexity index is 544. The van der Waals surface area contributed by atoms with Gasteiger partial charge in [0, 0.05) is 7.11 Å². The van der Waals surface area contributed by atoms with Crippen LogP contribution < -0.4 is 4.65 Å². The van der Waals surface area contributed by atoms with E-state index in [9.17, 15) is 0 Å². The second-order valence-corrected chi connectivity index (χ2v) is 4.47. The Kier molecular flexibility index (Phi) is 5.86. The molecule has 0 saturated heterocycles. The lowest BCUT2D eigenvalue weighted by Gasteiger charge is -2.07. The van der Waals surface area contributed by atoms with Crippen molar-refractivity contribution in [1.82, 2.24) is 0 Å². The highest BCUT2D eigenvalue weighted by molar-refractivity contribution is 6.17. The van der Waals surface area contributed by atoms with E-state index in [4.69, 9.17) is 19.2 Å². The van der Waals surface area contributed by atoms with Crippen LogP contribution in [0.3, 0.4) is 0 Å². The molecule has 0 saturated carbocycles. The highest BCUT2D eigenvalue weighted by Gasteiger charge is 2.00. The summed E-state index contributed by atoms with van der Waals surface area (Å²) in [6.45, 7) is 1.96. The molecule has 0 radical (unpaired) electrons. The van der Waals surface area contributed by atoms with Crippen LogP contribution in [0.2, 0.25) is 0 Å². The summed E-state index contributed by atoms with van der Waals surface area (Å²) in [7, 11) is 1.36. The summed E-state index contributed by atoms with van der Waals surface area (Å²) < 4.78 is 15.5. The van der Waals surface area contributed by atoms with Crippen molar-refractivity contribution >= 4 is 18.5 Å². The number of hydrogen-bond acceptors (Lipinski definition) is 4. The molecule has 0 amide bonds. The van der Waals surface area contributed by atoms with Gasteiger partial charge in [-0.25, -0.2) is 0 Å². The van der Waals surface area contributed by atoms with Crippen molar-refractivity contribution < 1.29 is 19.2 Å². The fourth-order valence-corrected chi connectivity index (χ4v) is 2.03. The first-order valence-corrected chi connectivity index (χ1v) is 6.66. The van der Waals surface area contributed by atoms with Crippen molar-refractivity contribution in [2.45, 2.75) is 6.42 Å². The van der Waals surface area contributed by atoms with Gasteiger partial charge < -0.3 is 19.2 Å². The molecular formula is C15H19BO4. The van der Waals surface area contributed by atoms with Gasteiger partial charge in [0.2, 0.25) is 0 Å². The number of hydrogen-bond donors (Lipinski definition) is 1. The van der Waals surface area contributed by atoms with Crippen LogP contribution in [0.15, 0.2) is 36.4 Å². The van der Waals surface area contributed by atoms with E-state index in [1.807, 2.05) is 18.2 Å². The Labute approximate surface area is 119 Å². The number of fused-ring (bicyclic) bond motifs is 1. The van der Waals surface area contributed by atoms with Gasteiger partial charge in [0.1, 0.15) is 5.75 Å². The molecule has 0 aliphatic carbocycles. The molecule has 0 fully saturated rings. The van der Waals surface area contributed by atoms with Gasteiger partial charge in [-0.2, -0.15) is 0 Å². The summed E-state index contributed by atoms with van der Waals surface area (Å²) in [5.74, 6) is 0.677. The summed E-state index contributed by atoms with van der Waals surface area (Å²) in [5.41, 5.74) is 1.24. The highest BCUT2D eigenvalue weighted by Crippen LogP contribution is 2.22. The SMILES string of the molecule is COCCOCCc1ccc2cc(OBO)ccc2c1. The quantitative estimate of drug-likeness (QED) is 0.587. The third-order valence-corrected chi connectivity index (χ3v) is 3.07. The Morgan fingerprint density at radius 2 is 1.80 bits per heavy atom. The van der Waals surface area contributed by atoms with Crippen molar-refractivity contribution in [3.8, 4) is 5.75 Å². The van der Waals surface area contributed by atoms with Crippen LogP contribution in [0.5, 0.6) is 5.75 Å². The minimum absolute atomic E-state index is 0.303. The lowest BCUT2D eigenvalue weighted by Crippen LogP contribution is -2.04. The molecule has 0 unspecified atom stereocenters. The van der Waals surface area contributed by atoms with Crippen LogP contribution in [-0.4, -0.2) is 39.6 Å². The molecule has 106 valence electrons. The van der Waals surface area contributed by atoms with E-state index in [0.717, 1.165) is 17.2 Å². The number of methoxy groups -OCH3 is 1. The minimum atomic E-state index is -0.303. The number of benzene rings is 2. The zero-order valence-electron chi connectivity index (χ0n) is 11.7. The van der Waals surface area contributed by atoms with Crippen molar-refractivity contribution in [3.05, 3.63) is 42.0 Å². The van der Waals surface area contributed by atoms with Crippen LogP contribution in [0, 0.1) is 0 Å². The van der Waals surface area contributed by atoms with E-state index in [2.05, 4.69) is 18.2 Å². The lowest BCUT2D eigenvalue weighted by molar-refractivity contribution is 0.0722. The molecule has 0 heterocycles. The second-order valence-electron chi connectivity index (χ2n) is 4.47. The van der Waals surface area contributed by atoms with Gasteiger partial charge in [-0.15, -0.1) is 0 Å². The monoisotopic (exact) mass is 274 g/mol. The minimum Gasteiger partial charge on any atom is -0.539 e. The first-order valence-electron chi connectivity index (χ1n) is 6.66. The fourth-order valence-electron chi connectivity index (χ4n) is 2.03. The zero-order valence-corrected chi connectivity index (χ0v) is 11.7. The zero-order chi connectivity index (χ0) is 14.2. The van der Waals surface area contributed by atoms with Crippen LogP contribution in [0.4, 0.5) is 0 Å². The number of rotatable bonds is 8. The number of ether oxygens (including phenoxy) is 2. The molecule has 5 heteroatoms. The summed E-state index contributed by atoms with van der Waals surface area (Å²) in [6, 6.07) is 12.1. The predicted octanol–water partition coefficient (Wildman–Crippen LogP) is 1.68. The molecule has 0 bridgehead atoms. The molecular weight excluding hydrogens is 255 g/mol. The maximum Gasteiger partial charge on any atom is 0.504 e. The highest BCUT2D eigenvalue weighted by atomic mass is 16.5. The normalized spacial score (nSPS) is 10.7. The average Bonchev–Trinajstić information content (AvgIpc) is 2.47. The fraction of sp³-hybridized carbons (Fsp3) is 0.333. The van der Waals surface area contributed by atoms with Crippen molar-refractivity contribution in [3.63, 3.8) is 0 Å². The van der Waals surface area contributed by atoms with Crippen LogP contribution >= 0.6 is 0 Å². The molecule has 20 heavy (non-hydrogen) atoms. The summed E-state index contributed by atoms with van der Waals surface area (Å²) in [4.78, 5) is 0. The van der Waals surface area contributed by atoms with Crippen molar-refractivity contribution in [1.29, 1.82) is 0 Å². The van der Waals surface area contributed by atoms with Crippen LogP contribution in [0.1, 0.15) is 5.56 Å². The van der Waals surface area contributed by atoms with Gasteiger partial charge in [-0.3, -0.25) is 0 Å². The maximum absolute atomic E-state index is 8.75. The third-order valence-electron chi connectivity index (χ3n) is 3.07.